The molecule has 0 amide bonds. The number of rotatable bonds is 7. The van der Waals surface area contributed by atoms with Crippen LogP contribution in [0.1, 0.15) is 19.4 Å². The van der Waals surface area contributed by atoms with Crippen molar-refractivity contribution in [2.45, 2.75) is 20.3 Å². The molecular formula is C16H22O3. The van der Waals surface area contributed by atoms with Gasteiger partial charge in [-0.15, -0.1) is 6.58 Å². The number of hydrogen-bond donors (Lipinski definition) is 0. The van der Waals surface area contributed by atoms with E-state index >= 15 is 0 Å². The van der Waals surface area contributed by atoms with E-state index in [1.165, 1.54) is 5.57 Å². The molecule has 0 heterocycles. The Labute approximate surface area is 115 Å². The predicted octanol–water partition coefficient (Wildman–Crippen LogP) is 3.78. The zero-order valence-corrected chi connectivity index (χ0v) is 12.2. The number of hydrogen-bond acceptors (Lipinski definition) is 3. The smallest absolute Gasteiger partial charge is 0.203 e. The Balaban J connectivity index is 3.05. The third-order valence-electron chi connectivity index (χ3n) is 2.62. The largest absolute Gasteiger partial charge is 0.493 e. The Hall–Kier alpha value is -1.90. The lowest BCUT2D eigenvalue weighted by Gasteiger charge is -2.15. The van der Waals surface area contributed by atoms with Gasteiger partial charge in [-0.3, -0.25) is 0 Å². The molecule has 3 nitrogen and oxygen atoms in total. The Kier molecular flexibility index (Phi) is 6.00. The average molecular weight is 262 g/mol. The average Bonchev–Trinajstić information content (AvgIpc) is 2.39. The first-order valence-corrected chi connectivity index (χ1v) is 6.24. The highest BCUT2D eigenvalue weighted by molar-refractivity contribution is 5.54. The van der Waals surface area contributed by atoms with Gasteiger partial charge in [-0.05, 0) is 44.0 Å². The summed E-state index contributed by atoms with van der Waals surface area (Å²) in [6.45, 7) is 8.30. The summed E-state index contributed by atoms with van der Waals surface area (Å²) in [6, 6.07) is 3.89. The Morgan fingerprint density at radius 2 is 1.74 bits per heavy atom. The highest BCUT2D eigenvalue weighted by Gasteiger charge is 2.13. The minimum atomic E-state index is 0.496. The topological polar surface area (TPSA) is 27.7 Å². The summed E-state index contributed by atoms with van der Waals surface area (Å²) in [6.07, 6.45) is 4.62. The fourth-order valence-corrected chi connectivity index (χ4v) is 1.65. The maximum atomic E-state index is 5.74. The summed E-state index contributed by atoms with van der Waals surface area (Å²) in [5.41, 5.74) is 2.29. The van der Waals surface area contributed by atoms with Crippen LogP contribution >= 0.6 is 0 Å². The fourth-order valence-electron chi connectivity index (χ4n) is 1.65. The SMILES string of the molecule is C=CCc1cc(OC)c(OCC=C(C)C)c(OC)c1. The van der Waals surface area contributed by atoms with Crippen LogP contribution < -0.4 is 14.2 Å². The van der Waals surface area contributed by atoms with E-state index in [1.807, 2.05) is 38.1 Å². The van der Waals surface area contributed by atoms with Crippen LogP contribution in [0.25, 0.3) is 0 Å². The molecule has 0 N–H and O–H groups in total. The van der Waals surface area contributed by atoms with E-state index in [4.69, 9.17) is 14.2 Å². The second-order valence-corrected chi connectivity index (χ2v) is 4.41. The van der Waals surface area contributed by atoms with Gasteiger partial charge in [0.1, 0.15) is 6.61 Å². The summed E-state index contributed by atoms with van der Waals surface area (Å²) >= 11 is 0. The first kappa shape index (κ1) is 15.2. The number of ether oxygens (including phenoxy) is 3. The van der Waals surface area contributed by atoms with Crippen LogP contribution in [0.3, 0.4) is 0 Å². The predicted molar refractivity (Wildman–Crippen MR) is 78.4 cm³/mol. The maximum Gasteiger partial charge on any atom is 0.203 e. The lowest BCUT2D eigenvalue weighted by Crippen LogP contribution is -2.01. The van der Waals surface area contributed by atoms with Crippen LogP contribution in [0, 0.1) is 0 Å². The van der Waals surface area contributed by atoms with Gasteiger partial charge >= 0.3 is 0 Å². The van der Waals surface area contributed by atoms with Crippen LogP contribution in [0.4, 0.5) is 0 Å². The normalized spacial score (nSPS) is 9.68. The third kappa shape index (κ3) is 4.36. The van der Waals surface area contributed by atoms with Crippen LogP contribution in [-0.4, -0.2) is 20.8 Å². The molecule has 0 bridgehead atoms. The zero-order chi connectivity index (χ0) is 14.3. The molecule has 0 saturated carbocycles. The first-order chi connectivity index (χ1) is 9.12. The molecule has 0 aliphatic heterocycles. The van der Waals surface area contributed by atoms with Gasteiger partial charge in [0.2, 0.25) is 5.75 Å². The lowest BCUT2D eigenvalue weighted by atomic mass is 10.1. The molecule has 0 atom stereocenters. The first-order valence-electron chi connectivity index (χ1n) is 6.24. The number of methoxy groups -OCH3 is 2. The van der Waals surface area contributed by atoms with Gasteiger partial charge in [0.15, 0.2) is 11.5 Å². The molecule has 0 spiro atoms. The van der Waals surface area contributed by atoms with E-state index in [-0.39, 0.29) is 0 Å². The van der Waals surface area contributed by atoms with E-state index in [0.717, 1.165) is 12.0 Å². The molecule has 0 unspecified atom stereocenters. The van der Waals surface area contributed by atoms with Crippen LogP contribution in [-0.2, 0) is 6.42 Å². The Morgan fingerprint density at radius 3 is 2.16 bits per heavy atom. The van der Waals surface area contributed by atoms with E-state index in [2.05, 4.69) is 6.58 Å². The molecule has 0 aliphatic rings. The molecule has 104 valence electrons. The van der Waals surface area contributed by atoms with E-state index < -0.39 is 0 Å². The quantitative estimate of drug-likeness (QED) is 0.700. The monoisotopic (exact) mass is 262 g/mol. The van der Waals surface area contributed by atoms with Crippen molar-refractivity contribution < 1.29 is 14.2 Å². The van der Waals surface area contributed by atoms with Gasteiger partial charge in [0, 0.05) is 0 Å². The Bertz CT molecular complexity index is 432. The molecule has 0 aromatic heterocycles. The molecule has 0 aliphatic carbocycles. The van der Waals surface area contributed by atoms with Gasteiger partial charge in [-0.2, -0.15) is 0 Å². The molecule has 1 aromatic carbocycles. The van der Waals surface area contributed by atoms with Crippen molar-refractivity contribution >= 4 is 0 Å². The van der Waals surface area contributed by atoms with Gasteiger partial charge in [-0.1, -0.05) is 11.6 Å². The van der Waals surface area contributed by atoms with Crippen molar-refractivity contribution in [3.63, 3.8) is 0 Å². The zero-order valence-electron chi connectivity index (χ0n) is 12.2. The number of allylic oxidation sites excluding steroid dienone is 2. The highest BCUT2D eigenvalue weighted by Crippen LogP contribution is 2.38. The summed E-state index contributed by atoms with van der Waals surface area (Å²) in [7, 11) is 3.25. The summed E-state index contributed by atoms with van der Waals surface area (Å²) in [5, 5.41) is 0. The minimum Gasteiger partial charge on any atom is -0.493 e. The standard InChI is InChI=1S/C16H22O3/c1-6-7-13-10-14(17-4)16(15(11-13)18-5)19-9-8-12(2)3/h6,8,10-11H,1,7,9H2,2-5H3. The molecule has 0 radical (unpaired) electrons. The van der Waals surface area contributed by atoms with Gasteiger partial charge in [0.25, 0.3) is 0 Å². The van der Waals surface area contributed by atoms with Crippen molar-refractivity contribution in [1.29, 1.82) is 0 Å². The highest BCUT2D eigenvalue weighted by atomic mass is 16.5. The molecule has 1 rings (SSSR count). The summed E-state index contributed by atoms with van der Waals surface area (Å²) in [4.78, 5) is 0. The second kappa shape index (κ2) is 7.52. The summed E-state index contributed by atoms with van der Waals surface area (Å²) < 4.78 is 16.5. The van der Waals surface area contributed by atoms with Gasteiger partial charge < -0.3 is 14.2 Å². The van der Waals surface area contributed by atoms with Crippen molar-refractivity contribution in [3.8, 4) is 17.2 Å². The molecular weight excluding hydrogens is 240 g/mol. The van der Waals surface area contributed by atoms with Crippen LogP contribution in [0.15, 0.2) is 36.4 Å². The van der Waals surface area contributed by atoms with E-state index in [9.17, 15) is 0 Å². The molecule has 1 aromatic rings. The van der Waals surface area contributed by atoms with Crippen LogP contribution in [0.5, 0.6) is 17.2 Å². The molecule has 19 heavy (non-hydrogen) atoms. The minimum absolute atomic E-state index is 0.496. The molecule has 3 heteroatoms. The lowest BCUT2D eigenvalue weighted by molar-refractivity contribution is 0.300. The second-order valence-electron chi connectivity index (χ2n) is 4.41. The van der Waals surface area contributed by atoms with E-state index in [0.29, 0.717) is 23.9 Å². The summed E-state index contributed by atoms with van der Waals surface area (Å²) in [5.74, 6) is 1.99. The van der Waals surface area contributed by atoms with Crippen molar-refractivity contribution in [1.82, 2.24) is 0 Å². The molecule has 0 fully saturated rings. The van der Waals surface area contributed by atoms with Crippen LogP contribution in [0.2, 0.25) is 0 Å². The van der Waals surface area contributed by atoms with Crippen molar-refractivity contribution in [2.24, 2.45) is 0 Å². The molecule has 0 saturated heterocycles. The third-order valence-corrected chi connectivity index (χ3v) is 2.62. The number of benzene rings is 1. The van der Waals surface area contributed by atoms with Gasteiger partial charge in [-0.25, -0.2) is 0 Å². The van der Waals surface area contributed by atoms with Crippen molar-refractivity contribution in [2.75, 3.05) is 20.8 Å². The fraction of sp³-hybridized carbons (Fsp3) is 0.375. The van der Waals surface area contributed by atoms with Gasteiger partial charge in [0.05, 0.1) is 14.2 Å². The van der Waals surface area contributed by atoms with E-state index in [1.54, 1.807) is 14.2 Å². The Morgan fingerprint density at radius 1 is 1.16 bits per heavy atom. The van der Waals surface area contributed by atoms with Crippen molar-refractivity contribution in [3.05, 3.63) is 42.0 Å². The maximum absolute atomic E-state index is 5.74.